The van der Waals surface area contributed by atoms with Crippen LogP contribution in [0.4, 0.5) is 8.78 Å². The van der Waals surface area contributed by atoms with Crippen LogP contribution in [-0.4, -0.2) is 22.8 Å². The summed E-state index contributed by atoms with van der Waals surface area (Å²) in [5.41, 5.74) is 1.76. The summed E-state index contributed by atoms with van der Waals surface area (Å²) >= 11 is 4.36. The van der Waals surface area contributed by atoms with E-state index in [2.05, 4.69) is 20.9 Å². The Bertz CT molecular complexity index is 581. The molecule has 100 valence electrons. The second-order valence-corrected chi connectivity index (χ2v) is 5.52. The molecule has 7 heteroatoms. The molecule has 0 aliphatic rings. The monoisotopic (exact) mass is 346 g/mol. The van der Waals surface area contributed by atoms with E-state index < -0.39 is 23.1 Å². The highest BCUT2D eigenvalue weighted by Gasteiger charge is 2.22. The molecule has 0 atom stereocenters. The number of aromatic nitrogens is 1. The highest BCUT2D eigenvalue weighted by atomic mass is 79.9. The van der Waals surface area contributed by atoms with Gasteiger partial charge < -0.3 is 4.90 Å². The van der Waals surface area contributed by atoms with Gasteiger partial charge in [-0.05, 0) is 12.1 Å². The molecular weight excluding hydrogens is 338 g/mol. The second kappa shape index (κ2) is 5.75. The van der Waals surface area contributed by atoms with Crippen LogP contribution in [0.1, 0.15) is 16.1 Å². The summed E-state index contributed by atoms with van der Waals surface area (Å²) in [6.45, 7) is 0.206. The van der Waals surface area contributed by atoms with Crippen molar-refractivity contribution in [2.75, 3.05) is 7.05 Å². The minimum atomic E-state index is -0.887. The zero-order valence-electron chi connectivity index (χ0n) is 9.86. The first-order valence-corrected chi connectivity index (χ1v) is 6.99. The first-order chi connectivity index (χ1) is 8.99. The molecule has 0 fully saturated rings. The molecule has 0 saturated carbocycles. The molecule has 0 bridgehead atoms. The van der Waals surface area contributed by atoms with Crippen LogP contribution < -0.4 is 0 Å². The minimum Gasteiger partial charge on any atom is -0.336 e. The number of halogens is 3. The molecule has 0 N–H and O–H groups in total. The predicted molar refractivity (Wildman–Crippen MR) is 72.0 cm³/mol. The molecule has 1 heterocycles. The zero-order chi connectivity index (χ0) is 14.0. The standard InChI is InChI=1S/C12H9BrF2N2OS/c1-17(4-8-5-19-6-16-8)12(18)11-9(14)2-7(13)3-10(11)15/h2-3,5-6H,4H2,1H3. The van der Waals surface area contributed by atoms with Gasteiger partial charge in [0.1, 0.15) is 17.2 Å². The molecule has 0 spiro atoms. The third-order valence-corrected chi connectivity index (χ3v) is 3.54. The Morgan fingerprint density at radius 2 is 2.05 bits per heavy atom. The van der Waals surface area contributed by atoms with E-state index in [-0.39, 0.29) is 11.0 Å². The molecule has 3 nitrogen and oxygen atoms in total. The third kappa shape index (κ3) is 3.16. The van der Waals surface area contributed by atoms with Gasteiger partial charge in [-0.15, -0.1) is 11.3 Å². The molecule has 0 saturated heterocycles. The maximum absolute atomic E-state index is 13.7. The van der Waals surface area contributed by atoms with Crippen molar-refractivity contribution in [1.82, 2.24) is 9.88 Å². The number of thiazole rings is 1. The lowest BCUT2D eigenvalue weighted by atomic mass is 10.1. The van der Waals surface area contributed by atoms with Crippen molar-refractivity contribution in [3.05, 3.63) is 50.4 Å². The Hall–Kier alpha value is -1.34. The van der Waals surface area contributed by atoms with Gasteiger partial charge in [0.25, 0.3) is 5.91 Å². The smallest absolute Gasteiger partial charge is 0.259 e. The SMILES string of the molecule is CN(Cc1cscn1)C(=O)c1c(F)cc(Br)cc1F. The number of hydrogen-bond acceptors (Lipinski definition) is 3. The number of rotatable bonds is 3. The molecule has 1 aromatic heterocycles. The van der Waals surface area contributed by atoms with Gasteiger partial charge in [-0.25, -0.2) is 13.8 Å². The van der Waals surface area contributed by atoms with E-state index in [0.29, 0.717) is 5.69 Å². The first kappa shape index (κ1) is 14.1. The molecule has 19 heavy (non-hydrogen) atoms. The Morgan fingerprint density at radius 3 is 2.58 bits per heavy atom. The molecule has 0 aliphatic carbocycles. The van der Waals surface area contributed by atoms with E-state index in [0.717, 1.165) is 12.1 Å². The van der Waals surface area contributed by atoms with Crippen molar-refractivity contribution in [1.29, 1.82) is 0 Å². The minimum absolute atomic E-state index is 0.206. The topological polar surface area (TPSA) is 33.2 Å². The average molecular weight is 347 g/mol. The number of nitrogens with zero attached hydrogens (tertiary/aromatic N) is 2. The fraction of sp³-hybridized carbons (Fsp3) is 0.167. The van der Waals surface area contributed by atoms with Crippen molar-refractivity contribution in [3.8, 4) is 0 Å². The highest BCUT2D eigenvalue weighted by molar-refractivity contribution is 9.10. The van der Waals surface area contributed by atoms with Crippen molar-refractivity contribution in [3.63, 3.8) is 0 Å². The van der Waals surface area contributed by atoms with Gasteiger partial charge >= 0.3 is 0 Å². The van der Waals surface area contributed by atoms with E-state index in [1.165, 1.54) is 23.3 Å². The number of benzene rings is 1. The molecule has 0 aliphatic heterocycles. The second-order valence-electron chi connectivity index (χ2n) is 3.89. The number of carbonyl (C=O) groups is 1. The molecule has 1 aromatic carbocycles. The van der Waals surface area contributed by atoms with E-state index in [1.54, 1.807) is 10.9 Å². The van der Waals surface area contributed by atoms with Gasteiger partial charge in [-0.2, -0.15) is 0 Å². The first-order valence-electron chi connectivity index (χ1n) is 5.26. The number of amides is 1. The summed E-state index contributed by atoms with van der Waals surface area (Å²) in [7, 11) is 1.47. The number of hydrogen-bond donors (Lipinski definition) is 0. The third-order valence-electron chi connectivity index (χ3n) is 2.45. The van der Waals surface area contributed by atoms with Crippen LogP contribution in [0, 0.1) is 11.6 Å². The van der Waals surface area contributed by atoms with Gasteiger partial charge in [0.2, 0.25) is 0 Å². The van der Waals surface area contributed by atoms with Crippen LogP contribution in [0.5, 0.6) is 0 Å². The van der Waals surface area contributed by atoms with Crippen LogP contribution in [-0.2, 0) is 6.54 Å². The van der Waals surface area contributed by atoms with Gasteiger partial charge in [0, 0.05) is 16.9 Å². The van der Waals surface area contributed by atoms with Gasteiger partial charge in [-0.3, -0.25) is 4.79 Å². The van der Waals surface area contributed by atoms with Crippen LogP contribution in [0.3, 0.4) is 0 Å². The average Bonchev–Trinajstić information content (AvgIpc) is 2.80. The Morgan fingerprint density at radius 1 is 1.42 bits per heavy atom. The van der Waals surface area contributed by atoms with Gasteiger partial charge in [0.05, 0.1) is 17.7 Å². The zero-order valence-corrected chi connectivity index (χ0v) is 12.3. The van der Waals surface area contributed by atoms with Crippen LogP contribution >= 0.6 is 27.3 Å². The highest BCUT2D eigenvalue weighted by Crippen LogP contribution is 2.21. The van der Waals surface area contributed by atoms with Crippen molar-refractivity contribution in [2.45, 2.75) is 6.54 Å². The summed E-state index contributed by atoms with van der Waals surface area (Å²) in [5, 5.41) is 1.78. The molecule has 0 unspecified atom stereocenters. The predicted octanol–water partition coefficient (Wildman–Crippen LogP) is 3.46. The summed E-state index contributed by atoms with van der Waals surface area (Å²) in [4.78, 5) is 17.3. The van der Waals surface area contributed by atoms with Crippen molar-refractivity contribution < 1.29 is 13.6 Å². The lowest BCUT2D eigenvalue weighted by molar-refractivity contribution is 0.0774. The summed E-state index contributed by atoms with van der Waals surface area (Å²) in [6, 6.07) is 2.12. The lowest BCUT2D eigenvalue weighted by Gasteiger charge is -2.16. The van der Waals surface area contributed by atoms with Crippen molar-refractivity contribution >= 4 is 33.2 Å². The normalized spacial score (nSPS) is 10.5. The molecule has 1 amide bonds. The number of carbonyl (C=O) groups excluding carboxylic acids is 1. The van der Waals surface area contributed by atoms with E-state index in [9.17, 15) is 13.6 Å². The maximum Gasteiger partial charge on any atom is 0.259 e. The van der Waals surface area contributed by atoms with Gasteiger partial charge in [-0.1, -0.05) is 15.9 Å². The Kier molecular flexibility index (Phi) is 4.26. The molecule has 2 aromatic rings. The molecule has 0 radical (unpaired) electrons. The Balaban J connectivity index is 2.24. The van der Waals surface area contributed by atoms with Crippen molar-refractivity contribution in [2.24, 2.45) is 0 Å². The summed E-state index contributed by atoms with van der Waals surface area (Å²) < 4.78 is 27.6. The Labute approximate surface area is 121 Å². The fourth-order valence-corrected chi connectivity index (χ4v) is 2.52. The van der Waals surface area contributed by atoms with E-state index in [4.69, 9.17) is 0 Å². The van der Waals surface area contributed by atoms with Crippen LogP contribution in [0.25, 0.3) is 0 Å². The van der Waals surface area contributed by atoms with Gasteiger partial charge in [0.15, 0.2) is 0 Å². The molecular formula is C12H9BrF2N2OS. The maximum atomic E-state index is 13.7. The lowest BCUT2D eigenvalue weighted by Crippen LogP contribution is -2.28. The van der Waals surface area contributed by atoms with Crippen LogP contribution in [0.15, 0.2) is 27.5 Å². The van der Waals surface area contributed by atoms with E-state index >= 15 is 0 Å². The fourth-order valence-electron chi connectivity index (χ4n) is 1.57. The summed E-state index contributed by atoms with van der Waals surface area (Å²) in [5.74, 6) is -2.49. The van der Waals surface area contributed by atoms with E-state index in [1.807, 2.05) is 0 Å². The largest absolute Gasteiger partial charge is 0.336 e. The van der Waals surface area contributed by atoms with Crippen LogP contribution in [0.2, 0.25) is 0 Å². The quantitative estimate of drug-likeness (QED) is 0.852. The summed E-state index contributed by atoms with van der Waals surface area (Å²) in [6.07, 6.45) is 0. The molecule has 2 rings (SSSR count).